The van der Waals surface area contributed by atoms with Gasteiger partial charge in [0.25, 0.3) is 10.0 Å². The number of hydrogen-bond donors (Lipinski definition) is 1. The summed E-state index contributed by atoms with van der Waals surface area (Å²) in [5, 5.41) is 3.45. The highest BCUT2D eigenvalue weighted by Gasteiger charge is 2.36. The second-order valence-corrected chi connectivity index (χ2v) is 14.3. The Hall–Kier alpha value is -3.92. The first-order chi connectivity index (χ1) is 22.6. The number of nitrogens with one attached hydrogen (secondary N) is 1. The number of halogens is 3. The summed E-state index contributed by atoms with van der Waals surface area (Å²) >= 11 is 12.5. The molecule has 7 nitrogen and oxygen atoms in total. The Balaban J connectivity index is 1.58. The number of carbonyl (C=O) groups excluding carboxylic acids is 2. The quantitative estimate of drug-likeness (QED) is 0.167. The van der Waals surface area contributed by atoms with E-state index >= 15 is 4.39 Å². The van der Waals surface area contributed by atoms with Gasteiger partial charge >= 0.3 is 0 Å². The Morgan fingerprint density at radius 1 is 0.830 bits per heavy atom. The van der Waals surface area contributed by atoms with Crippen LogP contribution in [0.3, 0.4) is 0 Å². The number of nitrogens with zero attached hydrogens (tertiary/aromatic N) is 2. The zero-order valence-corrected chi connectivity index (χ0v) is 28.0. The molecular weight excluding hydrogens is 660 g/mol. The number of rotatable bonds is 12. The van der Waals surface area contributed by atoms with Gasteiger partial charge in [-0.25, -0.2) is 12.8 Å². The van der Waals surface area contributed by atoms with Crippen molar-refractivity contribution in [2.45, 2.75) is 62.0 Å². The van der Waals surface area contributed by atoms with Crippen LogP contribution in [0.2, 0.25) is 10.0 Å². The topological polar surface area (TPSA) is 86.8 Å². The van der Waals surface area contributed by atoms with Crippen LogP contribution in [0.1, 0.15) is 43.2 Å². The van der Waals surface area contributed by atoms with Crippen LogP contribution < -0.4 is 9.62 Å². The number of carbonyl (C=O) groups is 2. The summed E-state index contributed by atoms with van der Waals surface area (Å²) in [7, 11) is -4.31. The highest BCUT2D eigenvalue weighted by atomic mass is 35.5. The molecule has 0 aliphatic heterocycles. The number of anilines is 1. The molecule has 1 N–H and O–H groups in total. The van der Waals surface area contributed by atoms with Crippen molar-refractivity contribution < 1.29 is 22.4 Å². The van der Waals surface area contributed by atoms with Gasteiger partial charge in [-0.15, -0.1) is 0 Å². The van der Waals surface area contributed by atoms with Crippen molar-refractivity contribution in [1.82, 2.24) is 10.2 Å². The van der Waals surface area contributed by atoms with Crippen molar-refractivity contribution >= 4 is 50.7 Å². The third kappa shape index (κ3) is 8.71. The molecule has 1 saturated carbocycles. The van der Waals surface area contributed by atoms with E-state index in [2.05, 4.69) is 5.32 Å². The van der Waals surface area contributed by atoms with Crippen LogP contribution in [0.25, 0.3) is 0 Å². The average Bonchev–Trinajstić information content (AvgIpc) is 3.08. The van der Waals surface area contributed by atoms with Crippen LogP contribution in [-0.2, 0) is 32.6 Å². The van der Waals surface area contributed by atoms with Crippen molar-refractivity contribution in [3.63, 3.8) is 0 Å². The molecular formula is C36H36Cl2FN3O4S. The van der Waals surface area contributed by atoms with E-state index in [1.54, 1.807) is 36.4 Å². The normalized spacial score (nSPS) is 14.3. The predicted octanol–water partition coefficient (Wildman–Crippen LogP) is 7.42. The summed E-state index contributed by atoms with van der Waals surface area (Å²) in [6.07, 6.45) is 4.86. The summed E-state index contributed by atoms with van der Waals surface area (Å²) in [6, 6.07) is 26.1. The van der Waals surface area contributed by atoms with E-state index < -0.39 is 34.3 Å². The fraction of sp³-hybridized carbons (Fsp3) is 0.278. The van der Waals surface area contributed by atoms with Gasteiger partial charge in [0.15, 0.2) is 0 Å². The molecule has 47 heavy (non-hydrogen) atoms. The fourth-order valence-electron chi connectivity index (χ4n) is 5.80. The van der Waals surface area contributed by atoms with Gasteiger partial charge in [0, 0.05) is 24.6 Å². The van der Waals surface area contributed by atoms with Gasteiger partial charge in [0.1, 0.15) is 18.4 Å². The maximum Gasteiger partial charge on any atom is 0.264 e. The lowest BCUT2D eigenvalue weighted by atomic mass is 9.94. The molecule has 246 valence electrons. The molecule has 0 radical (unpaired) electrons. The van der Waals surface area contributed by atoms with E-state index in [1.807, 2.05) is 30.3 Å². The fourth-order valence-corrected chi connectivity index (χ4v) is 7.52. The van der Waals surface area contributed by atoms with Crippen LogP contribution in [-0.4, -0.2) is 43.8 Å². The zero-order chi connectivity index (χ0) is 33.4. The number of hydrogen-bond acceptors (Lipinski definition) is 4. The lowest BCUT2D eigenvalue weighted by Gasteiger charge is -2.35. The molecule has 0 heterocycles. The first-order valence-electron chi connectivity index (χ1n) is 15.5. The van der Waals surface area contributed by atoms with Crippen LogP contribution in [0, 0.1) is 5.82 Å². The molecule has 1 fully saturated rings. The Morgan fingerprint density at radius 2 is 1.47 bits per heavy atom. The predicted molar refractivity (Wildman–Crippen MR) is 183 cm³/mol. The second-order valence-electron chi connectivity index (χ2n) is 11.6. The third-order valence-electron chi connectivity index (χ3n) is 8.32. The van der Waals surface area contributed by atoms with E-state index in [0.717, 1.165) is 42.0 Å². The standard InChI is InChI=1S/C36H36Cl2FN3O4S/c37-31-21-20-29(23-32(31)38)42(47(45,46)30-17-8-3-9-18-30)25-35(43)41(24-27-14-10-11-19-33(27)39)34(22-26-12-4-1-5-13-26)36(44)40-28-15-6-2-7-16-28/h1,3-5,8-14,17-21,23,28,34H,2,6-7,15-16,22,24-25H2,(H,40,44)/t34-/m1/s1. The Kier molecular flexibility index (Phi) is 11.6. The largest absolute Gasteiger partial charge is 0.352 e. The van der Waals surface area contributed by atoms with Crippen molar-refractivity contribution in [2.75, 3.05) is 10.8 Å². The zero-order valence-electron chi connectivity index (χ0n) is 25.7. The molecule has 4 aromatic carbocycles. The van der Waals surface area contributed by atoms with Crippen molar-refractivity contribution in [1.29, 1.82) is 0 Å². The minimum Gasteiger partial charge on any atom is -0.352 e. The van der Waals surface area contributed by atoms with E-state index in [9.17, 15) is 18.0 Å². The Morgan fingerprint density at radius 3 is 2.13 bits per heavy atom. The lowest BCUT2D eigenvalue weighted by Crippen LogP contribution is -2.55. The molecule has 4 aromatic rings. The number of sulfonamides is 1. The highest BCUT2D eigenvalue weighted by Crippen LogP contribution is 2.31. The van der Waals surface area contributed by atoms with Crippen molar-refractivity contribution in [2.24, 2.45) is 0 Å². The van der Waals surface area contributed by atoms with Gasteiger partial charge in [0.2, 0.25) is 11.8 Å². The van der Waals surface area contributed by atoms with Gasteiger partial charge in [-0.05, 0) is 54.8 Å². The van der Waals surface area contributed by atoms with E-state index in [4.69, 9.17) is 23.2 Å². The van der Waals surface area contributed by atoms with E-state index in [-0.39, 0.29) is 51.1 Å². The lowest BCUT2D eigenvalue weighted by molar-refractivity contribution is -0.140. The molecule has 5 rings (SSSR count). The Labute approximate surface area is 285 Å². The highest BCUT2D eigenvalue weighted by molar-refractivity contribution is 7.92. The van der Waals surface area contributed by atoms with Gasteiger partial charge in [0.05, 0.1) is 20.6 Å². The molecule has 2 amide bonds. The van der Waals surface area contributed by atoms with Crippen molar-refractivity contribution in [3.05, 3.63) is 130 Å². The maximum absolute atomic E-state index is 15.1. The third-order valence-corrected chi connectivity index (χ3v) is 10.8. The summed E-state index contributed by atoms with van der Waals surface area (Å²) < 4.78 is 44.3. The van der Waals surface area contributed by atoms with Crippen LogP contribution >= 0.6 is 23.2 Å². The maximum atomic E-state index is 15.1. The minimum atomic E-state index is -4.31. The average molecular weight is 697 g/mol. The molecule has 0 unspecified atom stereocenters. The van der Waals surface area contributed by atoms with Crippen LogP contribution in [0.15, 0.2) is 108 Å². The number of benzene rings is 4. The monoisotopic (exact) mass is 695 g/mol. The minimum absolute atomic E-state index is 0.0459. The SMILES string of the molecule is O=C(NC1CCCCC1)[C@@H](Cc1ccccc1)N(Cc1ccccc1F)C(=O)CN(c1ccc(Cl)c(Cl)c1)S(=O)(=O)c1ccccc1. The smallest absolute Gasteiger partial charge is 0.264 e. The Bertz CT molecular complexity index is 1790. The summed E-state index contributed by atoms with van der Waals surface area (Å²) in [5.74, 6) is -1.62. The van der Waals surface area contributed by atoms with E-state index in [1.165, 1.54) is 41.3 Å². The van der Waals surface area contributed by atoms with Gasteiger partial charge in [-0.2, -0.15) is 0 Å². The molecule has 1 atom stereocenters. The number of amides is 2. The molecule has 0 saturated heterocycles. The van der Waals surface area contributed by atoms with Gasteiger partial charge < -0.3 is 10.2 Å². The molecule has 1 aliphatic rings. The molecule has 0 spiro atoms. The van der Waals surface area contributed by atoms with Crippen LogP contribution in [0.5, 0.6) is 0 Å². The molecule has 1 aliphatic carbocycles. The van der Waals surface area contributed by atoms with Gasteiger partial charge in [-0.1, -0.05) is 109 Å². The van der Waals surface area contributed by atoms with E-state index in [0.29, 0.717) is 0 Å². The van der Waals surface area contributed by atoms with Crippen molar-refractivity contribution in [3.8, 4) is 0 Å². The first-order valence-corrected chi connectivity index (χ1v) is 17.7. The van der Waals surface area contributed by atoms with Gasteiger partial charge in [-0.3, -0.25) is 13.9 Å². The summed E-state index contributed by atoms with van der Waals surface area (Å²) in [4.78, 5) is 29.9. The molecule has 0 aromatic heterocycles. The first kappa shape index (κ1) is 34.4. The molecule has 11 heteroatoms. The molecule has 0 bridgehead atoms. The second kappa shape index (κ2) is 15.8. The summed E-state index contributed by atoms with van der Waals surface area (Å²) in [6.45, 7) is -0.951. The van der Waals surface area contributed by atoms with Crippen LogP contribution in [0.4, 0.5) is 10.1 Å². The summed E-state index contributed by atoms with van der Waals surface area (Å²) in [5.41, 5.74) is 1.09.